The zero-order chi connectivity index (χ0) is 28.4. The summed E-state index contributed by atoms with van der Waals surface area (Å²) in [6.07, 6.45) is 2.17. The summed E-state index contributed by atoms with van der Waals surface area (Å²) >= 11 is 0. The third-order valence-corrected chi connectivity index (χ3v) is 6.58. The van der Waals surface area contributed by atoms with Gasteiger partial charge in [-0.15, -0.1) is 0 Å². The summed E-state index contributed by atoms with van der Waals surface area (Å²) in [4.78, 5) is 18.4. The molecule has 0 aliphatic rings. The smallest absolute Gasteiger partial charge is 0.258 e. The minimum absolute atomic E-state index is 0.000487. The SMILES string of the molecule is CCCCN(CC)Cc1cc(C)cc(-c2nc(-c3cc(C)c(OCC(O)CNC(=O)CO)c(CC)c3)no2)c1. The van der Waals surface area contributed by atoms with Crippen LogP contribution in [-0.2, 0) is 17.8 Å². The Morgan fingerprint density at radius 1 is 1.13 bits per heavy atom. The average Bonchev–Trinajstić information content (AvgIpc) is 3.43. The van der Waals surface area contributed by atoms with Crippen molar-refractivity contribution in [3.05, 3.63) is 52.6 Å². The summed E-state index contributed by atoms with van der Waals surface area (Å²) in [5.74, 6) is 1.13. The highest BCUT2D eigenvalue weighted by atomic mass is 16.5. The van der Waals surface area contributed by atoms with E-state index in [1.54, 1.807) is 0 Å². The molecule has 0 saturated carbocycles. The number of benzene rings is 2. The zero-order valence-electron chi connectivity index (χ0n) is 23.8. The minimum atomic E-state index is -0.903. The Kier molecular flexibility index (Phi) is 11.5. The molecule has 1 unspecified atom stereocenters. The molecule has 1 heterocycles. The predicted octanol–water partition coefficient (Wildman–Crippen LogP) is 4.05. The second-order valence-corrected chi connectivity index (χ2v) is 9.91. The molecule has 9 nitrogen and oxygen atoms in total. The Labute approximate surface area is 231 Å². The molecule has 1 amide bonds. The fourth-order valence-electron chi connectivity index (χ4n) is 4.50. The lowest BCUT2D eigenvalue weighted by Crippen LogP contribution is -2.36. The quantitative estimate of drug-likeness (QED) is 0.265. The maximum atomic E-state index is 11.2. The number of nitrogens with one attached hydrogen (secondary N) is 1. The maximum Gasteiger partial charge on any atom is 0.258 e. The van der Waals surface area contributed by atoms with E-state index in [0.717, 1.165) is 47.5 Å². The van der Waals surface area contributed by atoms with Gasteiger partial charge in [-0.2, -0.15) is 4.98 Å². The van der Waals surface area contributed by atoms with E-state index >= 15 is 0 Å². The van der Waals surface area contributed by atoms with Crippen LogP contribution >= 0.6 is 0 Å². The van der Waals surface area contributed by atoms with Crippen LogP contribution in [0.2, 0.25) is 0 Å². The number of nitrogens with zero attached hydrogens (tertiary/aromatic N) is 3. The van der Waals surface area contributed by atoms with Crippen LogP contribution in [0, 0.1) is 13.8 Å². The van der Waals surface area contributed by atoms with Gasteiger partial charge < -0.3 is 24.8 Å². The largest absolute Gasteiger partial charge is 0.490 e. The van der Waals surface area contributed by atoms with E-state index in [1.807, 2.05) is 26.0 Å². The van der Waals surface area contributed by atoms with Crippen molar-refractivity contribution in [2.75, 3.05) is 32.8 Å². The molecule has 1 atom stereocenters. The molecule has 1 aromatic heterocycles. The van der Waals surface area contributed by atoms with Crippen LogP contribution < -0.4 is 10.1 Å². The standard InChI is InChI=1S/C30H42N4O5/c1-6-9-10-34(8-3)17-22-11-20(4)12-25(14-22)30-32-29(33-39-30)24-13-21(5)28(23(7-2)15-24)38-19-26(36)16-31-27(37)18-35/h11-15,26,35-36H,6-10,16-19H2,1-5H3,(H,31,37). The fourth-order valence-corrected chi connectivity index (χ4v) is 4.50. The lowest BCUT2D eigenvalue weighted by atomic mass is 10.0. The van der Waals surface area contributed by atoms with Gasteiger partial charge in [0.2, 0.25) is 11.7 Å². The van der Waals surface area contributed by atoms with Crippen molar-refractivity contribution in [2.24, 2.45) is 0 Å². The molecule has 3 rings (SSSR count). The van der Waals surface area contributed by atoms with Crippen molar-refractivity contribution in [3.8, 4) is 28.6 Å². The Bertz CT molecular complexity index is 1230. The van der Waals surface area contributed by atoms with Gasteiger partial charge in [0.05, 0.1) is 0 Å². The summed E-state index contributed by atoms with van der Waals surface area (Å²) in [5.41, 5.74) is 5.94. The van der Waals surface area contributed by atoms with Crippen molar-refractivity contribution in [1.29, 1.82) is 0 Å². The van der Waals surface area contributed by atoms with Gasteiger partial charge in [-0.05, 0) is 80.7 Å². The first-order valence-electron chi connectivity index (χ1n) is 13.8. The molecule has 0 spiro atoms. The fraction of sp³-hybridized carbons (Fsp3) is 0.500. The average molecular weight is 539 g/mol. The normalized spacial score (nSPS) is 12.1. The van der Waals surface area contributed by atoms with Crippen LogP contribution in [0.4, 0.5) is 0 Å². The van der Waals surface area contributed by atoms with Crippen molar-refractivity contribution >= 4 is 5.91 Å². The molecule has 2 aromatic carbocycles. The molecule has 39 heavy (non-hydrogen) atoms. The van der Waals surface area contributed by atoms with E-state index in [-0.39, 0.29) is 13.2 Å². The number of aromatic nitrogens is 2. The van der Waals surface area contributed by atoms with Gasteiger partial charge in [-0.25, -0.2) is 0 Å². The number of carbonyl (C=O) groups excluding carboxylic acids is 1. The second-order valence-electron chi connectivity index (χ2n) is 9.91. The van der Waals surface area contributed by atoms with E-state index in [1.165, 1.54) is 18.4 Å². The molecular weight excluding hydrogens is 496 g/mol. The van der Waals surface area contributed by atoms with Crippen molar-refractivity contribution < 1.29 is 24.3 Å². The number of amides is 1. The van der Waals surface area contributed by atoms with Gasteiger partial charge in [0, 0.05) is 24.2 Å². The lowest BCUT2D eigenvalue weighted by Gasteiger charge is -2.20. The van der Waals surface area contributed by atoms with Crippen molar-refractivity contribution in [2.45, 2.75) is 66.5 Å². The van der Waals surface area contributed by atoms with Crippen LogP contribution in [0.25, 0.3) is 22.8 Å². The molecule has 0 fully saturated rings. The zero-order valence-corrected chi connectivity index (χ0v) is 23.8. The third-order valence-electron chi connectivity index (χ3n) is 6.58. The molecule has 0 saturated heterocycles. The number of aryl methyl sites for hydroxylation is 3. The van der Waals surface area contributed by atoms with E-state index in [0.29, 0.717) is 23.9 Å². The van der Waals surface area contributed by atoms with Crippen LogP contribution in [0.1, 0.15) is 55.9 Å². The van der Waals surface area contributed by atoms with Crippen LogP contribution in [0.5, 0.6) is 5.75 Å². The highest BCUT2D eigenvalue weighted by Crippen LogP contribution is 2.31. The monoisotopic (exact) mass is 538 g/mol. The number of hydrogen-bond acceptors (Lipinski definition) is 8. The van der Waals surface area contributed by atoms with Gasteiger partial charge in [-0.3, -0.25) is 9.69 Å². The van der Waals surface area contributed by atoms with Crippen LogP contribution in [0.15, 0.2) is 34.9 Å². The van der Waals surface area contributed by atoms with Gasteiger partial charge >= 0.3 is 0 Å². The van der Waals surface area contributed by atoms with Crippen molar-refractivity contribution in [3.63, 3.8) is 0 Å². The second kappa shape index (κ2) is 14.8. The highest BCUT2D eigenvalue weighted by Gasteiger charge is 2.17. The minimum Gasteiger partial charge on any atom is -0.490 e. The molecule has 0 aliphatic heterocycles. The number of aliphatic hydroxyl groups excluding tert-OH is 2. The van der Waals surface area contributed by atoms with E-state index in [2.05, 4.69) is 54.3 Å². The number of hydrogen-bond donors (Lipinski definition) is 3. The predicted molar refractivity (Wildman–Crippen MR) is 151 cm³/mol. The molecule has 0 bridgehead atoms. The van der Waals surface area contributed by atoms with E-state index < -0.39 is 18.6 Å². The summed E-state index contributed by atoms with van der Waals surface area (Å²) < 4.78 is 11.6. The van der Waals surface area contributed by atoms with Gasteiger partial charge in [0.15, 0.2) is 0 Å². The molecule has 0 aliphatic carbocycles. The first-order valence-corrected chi connectivity index (χ1v) is 13.8. The number of unbranched alkanes of at least 4 members (excludes halogenated alkanes) is 1. The van der Waals surface area contributed by atoms with Gasteiger partial charge in [-0.1, -0.05) is 44.0 Å². The highest BCUT2D eigenvalue weighted by molar-refractivity contribution is 5.76. The summed E-state index contributed by atoms with van der Waals surface area (Å²) in [6.45, 7) is 12.8. The Morgan fingerprint density at radius 3 is 2.62 bits per heavy atom. The van der Waals surface area contributed by atoms with Crippen LogP contribution in [0.3, 0.4) is 0 Å². The van der Waals surface area contributed by atoms with Crippen molar-refractivity contribution in [1.82, 2.24) is 20.4 Å². The number of carbonyl (C=O) groups is 1. The summed E-state index contributed by atoms with van der Waals surface area (Å²) in [5, 5.41) is 25.6. The topological polar surface area (TPSA) is 121 Å². The first-order chi connectivity index (χ1) is 18.8. The Hall–Kier alpha value is -3.27. The maximum absolute atomic E-state index is 11.2. The Morgan fingerprint density at radius 2 is 1.92 bits per heavy atom. The molecule has 9 heteroatoms. The van der Waals surface area contributed by atoms with Gasteiger partial charge in [0.25, 0.3) is 5.89 Å². The first kappa shape index (κ1) is 30.3. The third kappa shape index (κ3) is 8.61. The van der Waals surface area contributed by atoms with E-state index in [4.69, 9.17) is 19.4 Å². The van der Waals surface area contributed by atoms with Gasteiger partial charge in [0.1, 0.15) is 25.1 Å². The number of rotatable bonds is 15. The molecular formula is C30H42N4O5. The summed E-state index contributed by atoms with van der Waals surface area (Å²) in [6, 6.07) is 10.3. The lowest BCUT2D eigenvalue weighted by molar-refractivity contribution is -0.124. The molecule has 3 aromatic rings. The molecule has 212 valence electrons. The number of ether oxygens (including phenoxy) is 1. The Balaban J connectivity index is 1.77. The van der Waals surface area contributed by atoms with Crippen LogP contribution in [-0.4, -0.2) is 70.1 Å². The van der Waals surface area contributed by atoms with E-state index in [9.17, 15) is 9.90 Å². The molecule has 0 radical (unpaired) electrons. The number of aliphatic hydroxyl groups is 2. The summed E-state index contributed by atoms with van der Waals surface area (Å²) in [7, 11) is 0. The molecule has 3 N–H and O–H groups in total.